The smallest absolute Gasteiger partial charge is 0.266 e. The maximum atomic E-state index is 13.3. The Morgan fingerprint density at radius 2 is 1.77 bits per heavy atom. The standard InChI is InChI=1S/C21H22N6O2S/c1-12-5-3-4-6-17(12)26-9-7-15-13(18(26)28)11-14-16(22-15)8-10-27(19(14)29)20-23-21(30-2)25-24-20/h7-12,17H,3-6H2,1-2H3,(H,23,24,25)/t12-,17+/m1/s1. The molecule has 4 aromatic rings. The lowest BCUT2D eigenvalue weighted by Gasteiger charge is -2.30. The molecule has 30 heavy (non-hydrogen) atoms. The van der Waals surface area contributed by atoms with Crippen LogP contribution in [0.3, 0.4) is 0 Å². The molecule has 1 aliphatic carbocycles. The topological polar surface area (TPSA) is 98.5 Å². The molecule has 1 saturated carbocycles. The number of hydrogen-bond acceptors (Lipinski definition) is 6. The highest BCUT2D eigenvalue weighted by molar-refractivity contribution is 7.98. The van der Waals surface area contributed by atoms with Gasteiger partial charge in [0.2, 0.25) is 11.1 Å². The fourth-order valence-corrected chi connectivity index (χ4v) is 4.73. The number of H-pyrrole nitrogens is 1. The number of rotatable bonds is 3. The van der Waals surface area contributed by atoms with Gasteiger partial charge < -0.3 is 4.57 Å². The van der Waals surface area contributed by atoms with E-state index < -0.39 is 0 Å². The van der Waals surface area contributed by atoms with Crippen molar-refractivity contribution in [3.8, 4) is 5.95 Å². The van der Waals surface area contributed by atoms with Gasteiger partial charge in [-0.05, 0) is 43.2 Å². The molecule has 4 heterocycles. The van der Waals surface area contributed by atoms with E-state index in [-0.39, 0.29) is 17.2 Å². The van der Waals surface area contributed by atoms with Gasteiger partial charge in [-0.25, -0.2) is 10.1 Å². The van der Waals surface area contributed by atoms with Crippen molar-refractivity contribution >= 4 is 33.6 Å². The van der Waals surface area contributed by atoms with Crippen LogP contribution in [0.15, 0.2) is 45.3 Å². The molecule has 8 nitrogen and oxygen atoms in total. The molecular weight excluding hydrogens is 400 g/mol. The zero-order valence-corrected chi connectivity index (χ0v) is 17.6. The Hall–Kier alpha value is -2.94. The van der Waals surface area contributed by atoms with Gasteiger partial charge in [-0.3, -0.25) is 14.2 Å². The van der Waals surface area contributed by atoms with E-state index in [4.69, 9.17) is 0 Å². The Bertz CT molecular complexity index is 1370. The molecule has 4 aromatic heterocycles. The first-order valence-corrected chi connectivity index (χ1v) is 11.3. The minimum atomic E-state index is -0.286. The number of nitrogens with zero attached hydrogens (tertiary/aromatic N) is 5. The van der Waals surface area contributed by atoms with Gasteiger partial charge in [0.05, 0.1) is 21.8 Å². The van der Waals surface area contributed by atoms with Crippen LogP contribution in [0, 0.1) is 5.92 Å². The van der Waals surface area contributed by atoms with Crippen molar-refractivity contribution < 1.29 is 0 Å². The average molecular weight is 423 g/mol. The van der Waals surface area contributed by atoms with Crippen LogP contribution in [-0.2, 0) is 0 Å². The van der Waals surface area contributed by atoms with E-state index in [1.807, 2.05) is 23.1 Å². The van der Waals surface area contributed by atoms with Crippen LogP contribution in [0.25, 0.3) is 27.8 Å². The normalized spacial score (nSPS) is 19.5. The van der Waals surface area contributed by atoms with Gasteiger partial charge in [0.25, 0.3) is 11.1 Å². The van der Waals surface area contributed by atoms with E-state index in [2.05, 4.69) is 27.1 Å². The van der Waals surface area contributed by atoms with Crippen molar-refractivity contribution in [2.45, 2.75) is 43.8 Å². The third-order valence-corrected chi connectivity index (χ3v) is 6.61. The second kappa shape index (κ2) is 7.39. The van der Waals surface area contributed by atoms with Crippen molar-refractivity contribution in [2.24, 2.45) is 5.92 Å². The van der Waals surface area contributed by atoms with E-state index in [0.29, 0.717) is 38.8 Å². The van der Waals surface area contributed by atoms with E-state index in [1.54, 1.807) is 18.3 Å². The lowest BCUT2D eigenvalue weighted by atomic mass is 9.85. The van der Waals surface area contributed by atoms with E-state index in [9.17, 15) is 9.59 Å². The first kappa shape index (κ1) is 19.0. The summed E-state index contributed by atoms with van der Waals surface area (Å²) in [6.07, 6.45) is 9.83. The number of fused-ring (bicyclic) bond motifs is 2. The number of aromatic nitrogens is 6. The number of aromatic amines is 1. The molecule has 0 aliphatic heterocycles. The predicted molar refractivity (Wildman–Crippen MR) is 117 cm³/mol. The molecule has 0 aromatic carbocycles. The highest BCUT2D eigenvalue weighted by Crippen LogP contribution is 2.32. The zero-order chi connectivity index (χ0) is 20.8. The molecule has 154 valence electrons. The number of hydrogen-bond donors (Lipinski definition) is 1. The largest absolute Gasteiger partial charge is 0.312 e. The van der Waals surface area contributed by atoms with E-state index in [0.717, 1.165) is 19.3 Å². The molecular formula is C21H22N6O2S. The van der Waals surface area contributed by atoms with Crippen LogP contribution in [0.4, 0.5) is 0 Å². The molecule has 0 bridgehead atoms. The molecule has 1 N–H and O–H groups in total. The molecule has 0 amide bonds. The van der Waals surface area contributed by atoms with Crippen molar-refractivity contribution in [3.05, 3.63) is 51.3 Å². The van der Waals surface area contributed by atoms with Crippen molar-refractivity contribution in [2.75, 3.05) is 6.26 Å². The minimum absolute atomic E-state index is 0.0835. The monoisotopic (exact) mass is 422 g/mol. The highest BCUT2D eigenvalue weighted by atomic mass is 32.2. The summed E-state index contributed by atoms with van der Waals surface area (Å²) >= 11 is 1.39. The van der Waals surface area contributed by atoms with Crippen molar-refractivity contribution in [1.29, 1.82) is 0 Å². The van der Waals surface area contributed by atoms with E-state index >= 15 is 0 Å². The van der Waals surface area contributed by atoms with Gasteiger partial charge in [-0.2, -0.15) is 4.98 Å². The second-order valence-corrected chi connectivity index (χ2v) is 8.62. The summed E-state index contributed by atoms with van der Waals surface area (Å²) in [6, 6.07) is 5.50. The molecule has 0 unspecified atom stereocenters. The maximum Gasteiger partial charge on any atom is 0.266 e. The minimum Gasteiger partial charge on any atom is -0.312 e. The predicted octanol–water partition coefficient (Wildman–Crippen LogP) is 3.29. The summed E-state index contributed by atoms with van der Waals surface area (Å²) in [7, 11) is 0. The van der Waals surface area contributed by atoms with Gasteiger partial charge in [0.15, 0.2) is 0 Å². The maximum absolute atomic E-state index is 13.3. The van der Waals surface area contributed by atoms with Gasteiger partial charge in [0, 0.05) is 18.4 Å². The summed E-state index contributed by atoms with van der Waals surface area (Å²) in [5.41, 5.74) is 0.788. The summed E-state index contributed by atoms with van der Waals surface area (Å²) in [5, 5.41) is 8.26. The van der Waals surface area contributed by atoms with Gasteiger partial charge in [-0.15, -0.1) is 5.10 Å². The molecule has 1 fully saturated rings. The first-order valence-electron chi connectivity index (χ1n) is 10.1. The SMILES string of the molecule is CSc1n[nH]c(-n2ccc3nc4ccn([C@H]5CCCC[C@H]5C)c(=O)c4cc3c2=O)n1. The quantitative estimate of drug-likeness (QED) is 0.402. The Kier molecular flexibility index (Phi) is 4.69. The summed E-state index contributed by atoms with van der Waals surface area (Å²) < 4.78 is 3.23. The van der Waals surface area contributed by atoms with Crippen LogP contribution in [0.2, 0.25) is 0 Å². The number of nitrogens with one attached hydrogen (secondary N) is 1. The van der Waals surface area contributed by atoms with Crippen molar-refractivity contribution in [1.82, 2.24) is 29.3 Å². The summed E-state index contributed by atoms with van der Waals surface area (Å²) in [4.78, 5) is 35.3. The van der Waals surface area contributed by atoms with Gasteiger partial charge in [0.1, 0.15) is 0 Å². The van der Waals surface area contributed by atoms with Crippen LogP contribution in [0.1, 0.15) is 38.6 Å². The fourth-order valence-electron chi connectivity index (χ4n) is 4.41. The average Bonchev–Trinajstić information content (AvgIpc) is 3.23. The first-order chi connectivity index (χ1) is 14.6. The summed E-state index contributed by atoms with van der Waals surface area (Å²) in [5.74, 6) is 0.796. The Balaban J connectivity index is 1.69. The van der Waals surface area contributed by atoms with Gasteiger partial charge in [-0.1, -0.05) is 31.5 Å². The molecule has 9 heteroatoms. The van der Waals surface area contributed by atoms with Crippen LogP contribution in [0.5, 0.6) is 0 Å². The lowest BCUT2D eigenvalue weighted by Crippen LogP contribution is -2.30. The Morgan fingerprint density at radius 1 is 1.03 bits per heavy atom. The Morgan fingerprint density at radius 3 is 2.50 bits per heavy atom. The molecule has 2 atom stereocenters. The van der Waals surface area contributed by atoms with Crippen LogP contribution in [-0.4, -0.2) is 35.6 Å². The second-order valence-electron chi connectivity index (χ2n) is 7.85. The molecule has 5 rings (SSSR count). The third-order valence-electron chi connectivity index (χ3n) is 6.06. The van der Waals surface area contributed by atoms with Crippen LogP contribution >= 0.6 is 11.8 Å². The highest BCUT2D eigenvalue weighted by Gasteiger charge is 2.24. The molecule has 0 spiro atoms. The zero-order valence-electron chi connectivity index (χ0n) is 16.8. The van der Waals surface area contributed by atoms with E-state index in [1.165, 1.54) is 22.7 Å². The third kappa shape index (κ3) is 3.04. The fraction of sp³-hybridized carbons (Fsp3) is 0.381. The van der Waals surface area contributed by atoms with Crippen molar-refractivity contribution in [3.63, 3.8) is 0 Å². The lowest BCUT2D eigenvalue weighted by molar-refractivity contribution is 0.253. The Labute approximate surface area is 176 Å². The molecule has 1 aliphatic rings. The molecule has 0 saturated heterocycles. The number of thioether (sulfide) groups is 1. The summed E-state index contributed by atoms with van der Waals surface area (Å²) in [6.45, 7) is 2.21. The number of pyridine rings is 3. The van der Waals surface area contributed by atoms with Gasteiger partial charge >= 0.3 is 0 Å². The van der Waals surface area contributed by atoms with Crippen LogP contribution < -0.4 is 11.1 Å². The molecule has 0 radical (unpaired) electrons.